The molecule has 0 aromatic carbocycles. The van der Waals surface area contributed by atoms with Gasteiger partial charge in [0, 0.05) is 31.6 Å². The van der Waals surface area contributed by atoms with Crippen molar-refractivity contribution in [2.75, 3.05) is 32.4 Å². The van der Waals surface area contributed by atoms with E-state index in [9.17, 15) is 4.79 Å². The predicted molar refractivity (Wildman–Crippen MR) is 73.8 cm³/mol. The van der Waals surface area contributed by atoms with Gasteiger partial charge in [0.25, 0.3) is 5.91 Å². The van der Waals surface area contributed by atoms with Crippen LogP contribution in [0.25, 0.3) is 0 Å². The molecule has 0 aliphatic carbocycles. The second kappa shape index (κ2) is 5.67. The largest absolute Gasteiger partial charge is 0.375 e. The molecule has 1 aliphatic heterocycles. The van der Waals surface area contributed by atoms with E-state index in [-0.39, 0.29) is 5.91 Å². The fourth-order valence-electron chi connectivity index (χ4n) is 2.36. The zero-order valence-corrected chi connectivity index (χ0v) is 11.7. The van der Waals surface area contributed by atoms with Crippen LogP contribution in [-0.4, -0.2) is 53.4 Å². The van der Waals surface area contributed by atoms with Gasteiger partial charge in [-0.2, -0.15) is 0 Å². The summed E-state index contributed by atoms with van der Waals surface area (Å²) < 4.78 is 0. The summed E-state index contributed by atoms with van der Waals surface area (Å²) in [5.41, 5.74) is 6.03. The van der Waals surface area contributed by atoms with Gasteiger partial charge < -0.3 is 15.5 Å². The summed E-state index contributed by atoms with van der Waals surface area (Å²) >= 11 is 1.31. The lowest BCUT2D eigenvalue weighted by Gasteiger charge is -2.36. The van der Waals surface area contributed by atoms with Crippen molar-refractivity contribution in [1.82, 2.24) is 14.8 Å². The molecule has 0 unspecified atom stereocenters. The van der Waals surface area contributed by atoms with Crippen LogP contribution in [0.4, 0.5) is 5.13 Å². The molecular weight excluding hydrogens is 248 g/mol. The normalized spacial score (nSPS) is 17.9. The molecule has 1 fully saturated rings. The summed E-state index contributed by atoms with van der Waals surface area (Å²) in [6.07, 6.45) is 2.07. The average molecular weight is 268 g/mol. The fraction of sp³-hybridized carbons (Fsp3) is 0.667. The Bertz CT molecular complexity index is 412. The second-order valence-corrected chi connectivity index (χ2v) is 5.54. The molecule has 6 heteroatoms. The maximum Gasteiger partial charge on any atom is 0.273 e. The van der Waals surface area contributed by atoms with E-state index in [4.69, 9.17) is 5.73 Å². The van der Waals surface area contributed by atoms with Crippen LogP contribution in [0.2, 0.25) is 0 Å². The number of amides is 1. The number of thiazole rings is 1. The molecule has 1 saturated heterocycles. The van der Waals surface area contributed by atoms with Crippen molar-refractivity contribution in [1.29, 1.82) is 0 Å². The number of nitrogen functional groups attached to an aromatic ring is 1. The molecule has 2 N–H and O–H groups in total. The van der Waals surface area contributed by atoms with Gasteiger partial charge in [-0.25, -0.2) is 4.98 Å². The van der Waals surface area contributed by atoms with Crippen LogP contribution in [0.15, 0.2) is 5.38 Å². The first-order valence-corrected chi connectivity index (χ1v) is 7.20. The highest BCUT2D eigenvalue weighted by Gasteiger charge is 2.26. The Morgan fingerprint density at radius 2 is 2.28 bits per heavy atom. The molecule has 0 bridgehead atoms. The summed E-state index contributed by atoms with van der Waals surface area (Å²) in [7, 11) is 1.87. The molecule has 2 rings (SSSR count). The molecule has 1 aromatic heterocycles. The third-order valence-corrected chi connectivity index (χ3v) is 4.29. The monoisotopic (exact) mass is 268 g/mol. The number of carbonyl (C=O) groups excluding carboxylic acids is 1. The number of likely N-dealkylation sites (tertiary alicyclic amines) is 1. The topological polar surface area (TPSA) is 62.5 Å². The van der Waals surface area contributed by atoms with Crippen molar-refractivity contribution in [2.45, 2.75) is 25.8 Å². The van der Waals surface area contributed by atoms with E-state index in [0.29, 0.717) is 16.9 Å². The van der Waals surface area contributed by atoms with Gasteiger partial charge >= 0.3 is 0 Å². The van der Waals surface area contributed by atoms with Crippen molar-refractivity contribution in [3.8, 4) is 0 Å². The Balaban J connectivity index is 1.95. The molecule has 1 amide bonds. The second-order valence-electron chi connectivity index (χ2n) is 4.65. The number of anilines is 1. The minimum Gasteiger partial charge on any atom is -0.375 e. The Hall–Kier alpha value is -1.14. The Kier molecular flexibility index (Phi) is 4.19. The smallest absolute Gasteiger partial charge is 0.273 e. The maximum absolute atomic E-state index is 12.2. The highest BCUT2D eigenvalue weighted by atomic mass is 32.1. The van der Waals surface area contributed by atoms with Gasteiger partial charge in [0.15, 0.2) is 5.13 Å². The summed E-state index contributed by atoms with van der Waals surface area (Å²) in [5.74, 6) is -0.0158. The summed E-state index contributed by atoms with van der Waals surface area (Å²) in [6, 6.07) is 0.322. The Morgan fingerprint density at radius 3 is 2.78 bits per heavy atom. The third kappa shape index (κ3) is 2.81. The third-order valence-electron chi connectivity index (χ3n) is 3.61. The Labute approximate surface area is 112 Å². The summed E-state index contributed by atoms with van der Waals surface area (Å²) in [6.45, 7) is 5.40. The van der Waals surface area contributed by atoms with Crippen molar-refractivity contribution in [2.24, 2.45) is 0 Å². The van der Waals surface area contributed by atoms with Crippen LogP contribution >= 0.6 is 11.3 Å². The van der Waals surface area contributed by atoms with Crippen molar-refractivity contribution in [3.63, 3.8) is 0 Å². The van der Waals surface area contributed by atoms with Crippen LogP contribution in [0.1, 0.15) is 30.3 Å². The van der Waals surface area contributed by atoms with E-state index in [2.05, 4.69) is 16.8 Å². The zero-order valence-electron chi connectivity index (χ0n) is 10.9. The summed E-state index contributed by atoms with van der Waals surface area (Å²) in [4.78, 5) is 20.5. The number of piperidine rings is 1. The van der Waals surface area contributed by atoms with E-state index < -0.39 is 0 Å². The lowest BCUT2D eigenvalue weighted by atomic mass is 10.0. The fourth-order valence-corrected chi connectivity index (χ4v) is 2.89. The van der Waals surface area contributed by atoms with E-state index >= 15 is 0 Å². The number of hydrogen-bond acceptors (Lipinski definition) is 5. The molecular formula is C12H20N4OS. The van der Waals surface area contributed by atoms with Crippen LogP contribution in [0, 0.1) is 0 Å². The number of rotatable bonds is 3. The molecule has 0 saturated carbocycles. The van der Waals surface area contributed by atoms with Gasteiger partial charge in [-0.15, -0.1) is 11.3 Å². The molecule has 100 valence electrons. The standard InChI is InChI=1S/C12H20N4OS/c1-3-16-6-4-9(5-7-16)15(2)11(17)10-8-18-12(13)14-10/h8-9H,3-7H2,1-2H3,(H2,13,14). The minimum atomic E-state index is -0.0158. The summed E-state index contributed by atoms with van der Waals surface area (Å²) in [5, 5.41) is 2.18. The van der Waals surface area contributed by atoms with Crippen molar-refractivity contribution in [3.05, 3.63) is 11.1 Å². The lowest BCUT2D eigenvalue weighted by molar-refractivity contribution is 0.0642. The molecule has 5 nitrogen and oxygen atoms in total. The van der Waals surface area contributed by atoms with E-state index in [1.807, 2.05) is 11.9 Å². The van der Waals surface area contributed by atoms with Crippen LogP contribution in [-0.2, 0) is 0 Å². The van der Waals surface area contributed by atoms with Crippen LogP contribution in [0.5, 0.6) is 0 Å². The van der Waals surface area contributed by atoms with E-state index in [0.717, 1.165) is 32.5 Å². The molecule has 1 aromatic rings. The van der Waals surface area contributed by atoms with Crippen LogP contribution < -0.4 is 5.73 Å². The highest BCUT2D eigenvalue weighted by Crippen LogP contribution is 2.19. The Morgan fingerprint density at radius 1 is 1.61 bits per heavy atom. The first-order chi connectivity index (χ1) is 8.61. The van der Waals surface area contributed by atoms with Crippen molar-refractivity contribution < 1.29 is 4.79 Å². The van der Waals surface area contributed by atoms with Crippen LogP contribution in [0.3, 0.4) is 0 Å². The molecule has 2 heterocycles. The number of nitrogens with two attached hydrogens (primary N) is 1. The molecule has 0 atom stereocenters. The van der Waals surface area contributed by atoms with Gasteiger partial charge in [-0.3, -0.25) is 4.79 Å². The number of carbonyl (C=O) groups is 1. The highest BCUT2D eigenvalue weighted by molar-refractivity contribution is 7.13. The molecule has 0 spiro atoms. The maximum atomic E-state index is 12.2. The molecule has 0 radical (unpaired) electrons. The SMILES string of the molecule is CCN1CCC(N(C)C(=O)c2csc(N)n2)CC1. The van der Waals surface area contributed by atoms with Gasteiger partial charge in [-0.05, 0) is 19.4 Å². The quantitative estimate of drug-likeness (QED) is 0.897. The van der Waals surface area contributed by atoms with Crippen molar-refractivity contribution >= 4 is 22.4 Å². The molecule has 1 aliphatic rings. The first kappa shape index (κ1) is 13.3. The van der Waals surface area contributed by atoms with Gasteiger partial charge in [0.1, 0.15) is 5.69 Å². The average Bonchev–Trinajstić information content (AvgIpc) is 2.84. The lowest BCUT2D eigenvalue weighted by Crippen LogP contribution is -2.45. The van der Waals surface area contributed by atoms with Gasteiger partial charge in [0.05, 0.1) is 0 Å². The molecule has 18 heavy (non-hydrogen) atoms. The van der Waals surface area contributed by atoms with Gasteiger partial charge in [-0.1, -0.05) is 6.92 Å². The number of hydrogen-bond donors (Lipinski definition) is 1. The van der Waals surface area contributed by atoms with E-state index in [1.165, 1.54) is 11.3 Å². The first-order valence-electron chi connectivity index (χ1n) is 6.32. The number of nitrogens with zero attached hydrogens (tertiary/aromatic N) is 3. The number of aromatic nitrogens is 1. The zero-order chi connectivity index (χ0) is 13.1. The van der Waals surface area contributed by atoms with E-state index in [1.54, 1.807) is 5.38 Å². The predicted octanol–water partition coefficient (Wildman–Crippen LogP) is 1.28. The minimum absolute atomic E-state index is 0.0158. The van der Waals surface area contributed by atoms with Gasteiger partial charge in [0.2, 0.25) is 0 Å².